The molecule has 0 amide bonds. The van der Waals surface area contributed by atoms with Gasteiger partial charge in [-0.3, -0.25) is 4.57 Å². The van der Waals surface area contributed by atoms with Crippen LogP contribution in [0.15, 0.2) is 249 Å². The lowest BCUT2D eigenvalue weighted by Gasteiger charge is -2.28. The average molecular weight is 868 g/mol. The number of rotatable bonds is 7. The zero-order valence-corrected chi connectivity index (χ0v) is 36.9. The number of hydrogen-bond donors (Lipinski definition) is 0. The maximum absolute atomic E-state index is 5.42. The maximum atomic E-state index is 5.42. The van der Waals surface area contributed by atoms with Crippen LogP contribution < -0.4 is 4.90 Å². The molecule has 0 atom stereocenters. The Morgan fingerprint density at radius 3 is 1.34 bits per heavy atom. The highest BCUT2D eigenvalue weighted by Gasteiger charge is 2.31. The fraction of sp³-hybridized carbons (Fsp3) is 0. The summed E-state index contributed by atoms with van der Waals surface area (Å²) in [6.45, 7) is 0. The van der Waals surface area contributed by atoms with Crippen molar-refractivity contribution in [2.24, 2.45) is 0 Å². The van der Waals surface area contributed by atoms with Gasteiger partial charge >= 0.3 is 0 Å². The van der Waals surface area contributed by atoms with Crippen LogP contribution in [0.25, 0.3) is 106 Å². The Balaban J connectivity index is 1.16. The van der Waals surface area contributed by atoms with Crippen LogP contribution in [-0.4, -0.2) is 19.5 Å². The first-order chi connectivity index (χ1) is 33.7. The minimum absolute atomic E-state index is 0.537. The van der Waals surface area contributed by atoms with Crippen LogP contribution in [0.1, 0.15) is 0 Å². The van der Waals surface area contributed by atoms with E-state index in [-0.39, 0.29) is 0 Å². The van der Waals surface area contributed by atoms with Crippen molar-refractivity contribution in [1.29, 1.82) is 0 Å². The van der Waals surface area contributed by atoms with Gasteiger partial charge in [-0.2, -0.15) is 9.97 Å². The summed E-state index contributed by atoms with van der Waals surface area (Å²) in [6.07, 6.45) is 0. The van der Waals surface area contributed by atoms with E-state index < -0.39 is 0 Å². The van der Waals surface area contributed by atoms with Crippen LogP contribution in [0.4, 0.5) is 17.1 Å². The monoisotopic (exact) mass is 867 g/mol. The molecule has 12 aromatic rings. The molecule has 0 bridgehead atoms. The third-order valence-electron chi connectivity index (χ3n) is 13.2. The second-order valence-electron chi connectivity index (χ2n) is 17.2. The first kappa shape index (κ1) is 39.2. The summed E-state index contributed by atoms with van der Waals surface area (Å²) in [7, 11) is 0. The van der Waals surface area contributed by atoms with Crippen LogP contribution in [0.2, 0.25) is 0 Å². The van der Waals surface area contributed by atoms with E-state index in [0.717, 1.165) is 88.9 Å². The standard InChI is InChI=1S/C63H41N5/c1-6-20-42(21-7-1)47-38-48(43-22-8-2-9-23-43)40-49(39-47)46-34-37-58-56(41-46)55-36-35-54-52-31-17-16-30-51(52)53-32-18-19-33-57(53)67(50-28-14-5-15-29-50)59(54)60(55)68(58)63-65-61(44-24-10-3-11-25-44)64-62(66-63)45-26-12-4-13-27-45/h1-41H. The molecular weight excluding hydrogens is 827 g/mol. The van der Waals surface area contributed by atoms with Gasteiger partial charge in [-0.05, 0) is 93.0 Å². The van der Waals surface area contributed by atoms with Crippen molar-refractivity contribution in [2.75, 3.05) is 4.90 Å². The molecule has 3 heterocycles. The summed E-state index contributed by atoms with van der Waals surface area (Å²) >= 11 is 0. The van der Waals surface area contributed by atoms with Crippen LogP contribution >= 0.6 is 0 Å². The molecule has 10 aromatic carbocycles. The van der Waals surface area contributed by atoms with Crippen LogP contribution in [0, 0.1) is 0 Å². The van der Waals surface area contributed by atoms with Gasteiger partial charge in [0, 0.05) is 38.7 Å². The Labute approximate surface area is 394 Å². The summed E-state index contributed by atoms with van der Waals surface area (Å²) < 4.78 is 2.29. The molecule has 0 aliphatic carbocycles. The van der Waals surface area contributed by atoms with Crippen molar-refractivity contribution >= 4 is 38.9 Å². The molecule has 13 rings (SSSR count). The van der Waals surface area contributed by atoms with Gasteiger partial charge in [0.05, 0.1) is 22.4 Å². The zero-order chi connectivity index (χ0) is 45.0. The third-order valence-corrected chi connectivity index (χ3v) is 13.2. The number of anilines is 3. The Hall–Kier alpha value is -9.19. The quantitative estimate of drug-likeness (QED) is 0.160. The van der Waals surface area contributed by atoms with Crippen molar-refractivity contribution in [3.05, 3.63) is 249 Å². The highest BCUT2D eigenvalue weighted by Crippen LogP contribution is 2.54. The lowest BCUT2D eigenvalue weighted by molar-refractivity contribution is 0.953. The normalized spacial score (nSPS) is 11.8. The van der Waals surface area contributed by atoms with E-state index in [1.807, 2.05) is 36.4 Å². The van der Waals surface area contributed by atoms with E-state index in [2.05, 4.69) is 222 Å². The van der Waals surface area contributed by atoms with Gasteiger partial charge in [0.15, 0.2) is 11.6 Å². The van der Waals surface area contributed by atoms with Crippen molar-refractivity contribution in [1.82, 2.24) is 19.5 Å². The molecule has 0 fully saturated rings. The van der Waals surface area contributed by atoms with Gasteiger partial charge in [-0.15, -0.1) is 0 Å². The Morgan fingerprint density at radius 2 is 0.765 bits per heavy atom. The topological polar surface area (TPSA) is 46.8 Å². The van der Waals surface area contributed by atoms with E-state index in [0.29, 0.717) is 17.6 Å². The summed E-state index contributed by atoms with van der Waals surface area (Å²) in [6, 6.07) is 88.5. The number of fused-ring (bicyclic) bond motifs is 9. The lowest BCUT2D eigenvalue weighted by Crippen LogP contribution is -2.13. The molecule has 5 nitrogen and oxygen atoms in total. The van der Waals surface area contributed by atoms with Gasteiger partial charge in [-0.1, -0.05) is 200 Å². The van der Waals surface area contributed by atoms with Crippen LogP contribution in [-0.2, 0) is 0 Å². The fourth-order valence-corrected chi connectivity index (χ4v) is 10.0. The molecule has 1 aliphatic heterocycles. The first-order valence-electron chi connectivity index (χ1n) is 23.0. The highest BCUT2D eigenvalue weighted by atomic mass is 15.2. The zero-order valence-electron chi connectivity index (χ0n) is 36.9. The SMILES string of the molecule is c1ccc(-c2cc(-c3ccccc3)cc(-c3ccc4c(c3)c3ccc5c(c3n4-c3nc(-c4ccccc4)nc(-c4ccccc4)n3)N(c3ccccc3)c3ccccc3-c3ccccc3-5)c2)cc1. The maximum Gasteiger partial charge on any atom is 0.238 e. The molecule has 0 N–H and O–H groups in total. The Bertz CT molecular complexity index is 3710. The van der Waals surface area contributed by atoms with Crippen molar-refractivity contribution in [2.45, 2.75) is 0 Å². The van der Waals surface area contributed by atoms with Crippen LogP contribution in [0.5, 0.6) is 0 Å². The van der Waals surface area contributed by atoms with E-state index in [9.17, 15) is 0 Å². The second-order valence-corrected chi connectivity index (χ2v) is 17.2. The number of nitrogens with zero attached hydrogens (tertiary/aromatic N) is 5. The highest BCUT2D eigenvalue weighted by molar-refractivity contribution is 6.19. The molecule has 0 radical (unpaired) electrons. The molecule has 68 heavy (non-hydrogen) atoms. The fourth-order valence-electron chi connectivity index (χ4n) is 10.0. The molecule has 5 heteroatoms. The number of aromatic nitrogens is 4. The first-order valence-corrected chi connectivity index (χ1v) is 23.0. The lowest BCUT2D eigenvalue weighted by atomic mass is 9.92. The molecule has 2 aromatic heterocycles. The van der Waals surface area contributed by atoms with E-state index in [4.69, 9.17) is 15.0 Å². The van der Waals surface area contributed by atoms with E-state index in [1.54, 1.807) is 0 Å². The summed E-state index contributed by atoms with van der Waals surface area (Å²) in [5.41, 5.74) is 18.5. The van der Waals surface area contributed by atoms with Crippen LogP contribution in [0.3, 0.4) is 0 Å². The van der Waals surface area contributed by atoms with Crippen molar-refractivity contribution in [3.63, 3.8) is 0 Å². The predicted molar refractivity (Wildman–Crippen MR) is 280 cm³/mol. The number of benzene rings is 10. The second kappa shape index (κ2) is 16.4. The van der Waals surface area contributed by atoms with Crippen molar-refractivity contribution in [3.8, 4) is 84.4 Å². The molecule has 0 unspecified atom stereocenters. The minimum atomic E-state index is 0.537. The third kappa shape index (κ3) is 6.68. The molecule has 0 spiro atoms. The smallest absolute Gasteiger partial charge is 0.238 e. The Morgan fingerprint density at radius 1 is 0.294 bits per heavy atom. The molecular formula is C63H41N5. The van der Waals surface area contributed by atoms with Gasteiger partial charge in [0.25, 0.3) is 0 Å². The number of hydrogen-bond acceptors (Lipinski definition) is 4. The minimum Gasteiger partial charge on any atom is -0.307 e. The summed E-state index contributed by atoms with van der Waals surface area (Å²) in [4.78, 5) is 18.4. The predicted octanol–water partition coefficient (Wildman–Crippen LogP) is 16.4. The molecule has 0 saturated carbocycles. The Kier molecular flexibility index (Phi) is 9.43. The van der Waals surface area contributed by atoms with Crippen molar-refractivity contribution < 1.29 is 0 Å². The molecule has 318 valence electrons. The number of para-hydroxylation sites is 2. The van der Waals surface area contributed by atoms with Gasteiger partial charge in [0.2, 0.25) is 5.95 Å². The summed E-state index contributed by atoms with van der Waals surface area (Å²) in [5, 5.41) is 2.18. The van der Waals surface area contributed by atoms with Gasteiger partial charge in [0.1, 0.15) is 0 Å². The van der Waals surface area contributed by atoms with Gasteiger partial charge in [-0.25, -0.2) is 4.98 Å². The largest absolute Gasteiger partial charge is 0.307 e. The summed E-state index contributed by atoms with van der Waals surface area (Å²) in [5.74, 6) is 1.74. The van der Waals surface area contributed by atoms with Gasteiger partial charge < -0.3 is 4.90 Å². The molecule has 0 saturated heterocycles. The van der Waals surface area contributed by atoms with E-state index in [1.165, 1.54) is 16.7 Å². The average Bonchev–Trinajstić information content (AvgIpc) is 3.69. The molecule has 1 aliphatic rings. The van der Waals surface area contributed by atoms with E-state index >= 15 is 0 Å².